The number of likely N-dealkylation sites (N-methyl/N-ethyl adjacent to an activating group) is 1. The van der Waals surface area contributed by atoms with Crippen molar-refractivity contribution >= 4 is 34.6 Å². The molecule has 0 spiro atoms. The number of hydrogen-bond acceptors (Lipinski definition) is 7. The highest BCUT2D eigenvalue weighted by Crippen LogP contribution is 2.30. The Hall–Kier alpha value is -2.88. The molecule has 1 N–H and O–H groups in total. The molecule has 9 nitrogen and oxygen atoms in total. The molecule has 0 fully saturated rings. The summed E-state index contributed by atoms with van der Waals surface area (Å²) in [5.41, 5.74) is 2.17. The highest BCUT2D eigenvalue weighted by molar-refractivity contribution is 6.33. The van der Waals surface area contributed by atoms with E-state index < -0.39 is 10.9 Å². The maximum absolute atomic E-state index is 10.7. The van der Waals surface area contributed by atoms with Crippen molar-refractivity contribution in [2.24, 2.45) is 10.2 Å². The number of nitrogens with one attached hydrogen (secondary N) is 1. The zero-order valence-corrected chi connectivity index (χ0v) is 19.1. The molecule has 0 bridgehead atoms. The Morgan fingerprint density at radius 1 is 1.16 bits per heavy atom. The van der Waals surface area contributed by atoms with Gasteiger partial charge >= 0.3 is 0 Å². The molecule has 0 radical (unpaired) electrons. The van der Waals surface area contributed by atoms with Crippen molar-refractivity contribution in [3.8, 4) is 0 Å². The predicted molar refractivity (Wildman–Crippen MR) is 119 cm³/mol. The second kappa shape index (κ2) is 12.1. The Morgan fingerprint density at radius 3 is 2.23 bits per heavy atom. The van der Waals surface area contributed by atoms with Crippen LogP contribution in [0.4, 0.5) is 17.1 Å². The van der Waals surface area contributed by atoms with Crippen molar-refractivity contribution in [3.63, 3.8) is 0 Å². The van der Waals surface area contributed by atoms with Gasteiger partial charge in [0, 0.05) is 30.7 Å². The van der Waals surface area contributed by atoms with Crippen molar-refractivity contribution in [2.45, 2.75) is 19.9 Å². The Kier molecular flexibility index (Phi) is 10.2. The lowest BCUT2D eigenvalue weighted by Crippen LogP contribution is -2.40. The molecule has 2 aromatic carbocycles. The molecule has 0 amide bonds. The molecule has 1 unspecified atom stereocenters. The van der Waals surface area contributed by atoms with E-state index in [4.69, 9.17) is 21.5 Å². The number of carbonyl (C=O) groups is 1. The zero-order valence-electron chi connectivity index (χ0n) is 18.3. The van der Waals surface area contributed by atoms with Gasteiger partial charge in [-0.2, -0.15) is 5.11 Å². The average Bonchev–Trinajstić information content (AvgIpc) is 2.65. The van der Waals surface area contributed by atoms with Crippen molar-refractivity contribution in [1.82, 2.24) is 5.32 Å². The van der Waals surface area contributed by atoms with Crippen molar-refractivity contribution in [2.75, 3.05) is 34.2 Å². The predicted octanol–water partition coefficient (Wildman–Crippen LogP) is 3.78. The van der Waals surface area contributed by atoms with Crippen LogP contribution >= 0.6 is 11.6 Å². The lowest BCUT2D eigenvalue weighted by atomic mass is 10.1. The van der Waals surface area contributed by atoms with Crippen LogP contribution in [0.25, 0.3) is 0 Å². The zero-order chi connectivity index (χ0) is 23.6. The SMILES string of the molecule is CC(=O)[O-].CC(NCC[N+](C)(C)C)c1ccc(N=Nc2ccc([N+](=O)[O-])cc2Cl)cc1. The largest absolute Gasteiger partial charge is 0.550 e. The molecule has 31 heavy (non-hydrogen) atoms. The summed E-state index contributed by atoms with van der Waals surface area (Å²) in [5.74, 6) is -1.08. The number of nitro groups is 1. The minimum atomic E-state index is -1.08. The Morgan fingerprint density at radius 2 is 1.74 bits per heavy atom. The Labute approximate surface area is 187 Å². The van der Waals surface area contributed by atoms with E-state index >= 15 is 0 Å². The number of nitro benzene ring substituents is 1. The van der Waals surface area contributed by atoms with E-state index in [1.54, 1.807) is 0 Å². The number of hydrogen-bond donors (Lipinski definition) is 1. The molecular formula is C21H28ClN5O4. The highest BCUT2D eigenvalue weighted by atomic mass is 35.5. The molecule has 1 atom stereocenters. The van der Waals surface area contributed by atoms with Crippen LogP contribution in [0.2, 0.25) is 5.02 Å². The van der Waals surface area contributed by atoms with Crippen LogP contribution in [0.3, 0.4) is 0 Å². The first-order valence-corrected chi connectivity index (χ1v) is 9.94. The van der Waals surface area contributed by atoms with Gasteiger partial charge in [0.15, 0.2) is 0 Å². The van der Waals surface area contributed by atoms with Crippen LogP contribution in [0.1, 0.15) is 25.5 Å². The van der Waals surface area contributed by atoms with Crippen LogP contribution < -0.4 is 10.4 Å². The lowest BCUT2D eigenvalue weighted by molar-refractivity contribution is -0.869. The molecular weight excluding hydrogens is 422 g/mol. The number of non-ortho nitro benzene ring substituents is 1. The van der Waals surface area contributed by atoms with E-state index in [0.717, 1.165) is 24.5 Å². The maximum atomic E-state index is 10.7. The van der Waals surface area contributed by atoms with Gasteiger partial charge in [-0.1, -0.05) is 23.7 Å². The van der Waals surface area contributed by atoms with Crippen LogP contribution in [0, 0.1) is 10.1 Å². The molecule has 10 heteroatoms. The molecule has 2 aromatic rings. The van der Waals surface area contributed by atoms with E-state index in [9.17, 15) is 10.1 Å². The highest BCUT2D eigenvalue weighted by Gasteiger charge is 2.10. The molecule has 0 saturated heterocycles. The summed E-state index contributed by atoms with van der Waals surface area (Å²) in [7, 11) is 6.51. The summed E-state index contributed by atoms with van der Waals surface area (Å²) in [6, 6.07) is 12.1. The molecule has 0 aliphatic rings. The fourth-order valence-electron chi connectivity index (χ4n) is 2.37. The summed E-state index contributed by atoms with van der Waals surface area (Å²) in [5, 5.41) is 31.6. The van der Waals surface area contributed by atoms with Crippen LogP contribution in [-0.2, 0) is 4.79 Å². The molecule has 0 aliphatic carbocycles. The second-order valence-corrected chi connectivity index (χ2v) is 8.27. The van der Waals surface area contributed by atoms with Gasteiger partial charge in [0.25, 0.3) is 5.69 Å². The van der Waals surface area contributed by atoms with Gasteiger partial charge in [-0.15, -0.1) is 5.11 Å². The standard InChI is InChI=1S/C19H25ClN5O2.C2H4O2/c1-14(21-11-12-25(2,3)4)15-5-7-16(8-6-15)22-23-19-10-9-17(24(26)27)13-18(19)20;1-2(3)4/h5-10,13-14,21H,11-12H2,1-4H3;1H3,(H,3,4)/q+1;/p-1. The number of quaternary nitrogens is 1. The first-order chi connectivity index (χ1) is 14.4. The summed E-state index contributed by atoms with van der Waals surface area (Å²) in [4.78, 5) is 19.1. The number of azo groups is 1. The normalized spacial score (nSPS) is 12.2. The number of nitrogens with zero attached hydrogens (tertiary/aromatic N) is 4. The van der Waals surface area contributed by atoms with Crippen molar-refractivity contribution < 1.29 is 19.3 Å². The van der Waals surface area contributed by atoms with E-state index in [-0.39, 0.29) is 16.8 Å². The maximum Gasteiger partial charge on any atom is 0.271 e. The van der Waals surface area contributed by atoms with Gasteiger partial charge < -0.3 is 19.7 Å². The van der Waals surface area contributed by atoms with Crippen molar-refractivity contribution in [3.05, 3.63) is 63.2 Å². The number of aliphatic carboxylic acids is 1. The monoisotopic (exact) mass is 449 g/mol. The third kappa shape index (κ3) is 10.6. The lowest BCUT2D eigenvalue weighted by Gasteiger charge is -2.25. The fraction of sp³-hybridized carbons (Fsp3) is 0.381. The second-order valence-electron chi connectivity index (χ2n) is 7.87. The minimum Gasteiger partial charge on any atom is -0.550 e. The Bertz CT molecular complexity index is 907. The van der Waals surface area contributed by atoms with Gasteiger partial charge in [0.05, 0.1) is 43.3 Å². The van der Waals surface area contributed by atoms with E-state index in [0.29, 0.717) is 11.4 Å². The third-order valence-electron chi connectivity index (χ3n) is 4.04. The number of benzene rings is 2. The van der Waals surface area contributed by atoms with Crippen LogP contribution in [-0.4, -0.2) is 49.6 Å². The summed E-state index contributed by atoms with van der Waals surface area (Å²) >= 11 is 6.02. The molecule has 168 valence electrons. The summed E-state index contributed by atoms with van der Waals surface area (Å²) in [6.07, 6.45) is 0. The van der Waals surface area contributed by atoms with E-state index in [1.807, 2.05) is 24.3 Å². The molecule has 0 saturated carbocycles. The first-order valence-electron chi connectivity index (χ1n) is 9.56. The number of halogens is 1. The first kappa shape index (κ1) is 26.2. The Balaban J connectivity index is 0.00000110. The molecule has 2 rings (SSSR count). The topological polar surface area (TPSA) is 120 Å². The van der Waals surface area contributed by atoms with Gasteiger partial charge in [0.1, 0.15) is 5.69 Å². The third-order valence-corrected chi connectivity index (χ3v) is 4.34. The molecule has 0 aliphatic heterocycles. The van der Waals surface area contributed by atoms with E-state index in [1.165, 1.54) is 23.8 Å². The minimum absolute atomic E-state index is 0.0740. The number of carboxylic acid groups (broad SMARTS) is 1. The van der Waals surface area contributed by atoms with Gasteiger partial charge in [-0.05, 0) is 37.6 Å². The number of rotatable bonds is 8. The smallest absolute Gasteiger partial charge is 0.271 e. The number of carbonyl (C=O) groups excluding carboxylic acids is 1. The van der Waals surface area contributed by atoms with Crippen molar-refractivity contribution in [1.29, 1.82) is 0 Å². The van der Waals surface area contributed by atoms with Gasteiger partial charge in [-0.25, -0.2) is 0 Å². The fourth-order valence-corrected chi connectivity index (χ4v) is 2.58. The molecule has 0 aromatic heterocycles. The quantitative estimate of drug-likeness (QED) is 0.284. The van der Waals surface area contributed by atoms with Crippen LogP contribution in [0.5, 0.6) is 0 Å². The number of carboxylic acids is 1. The average molecular weight is 450 g/mol. The van der Waals surface area contributed by atoms with Gasteiger partial charge in [0.2, 0.25) is 0 Å². The summed E-state index contributed by atoms with van der Waals surface area (Å²) in [6.45, 7) is 5.08. The van der Waals surface area contributed by atoms with Crippen LogP contribution in [0.15, 0.2) is 52.7 Å². The van der Waals surface area contributed by atoms with E-state index in [2.05, 4.69) is 43.6 Å². The van der Waals surface area contributed by atoms with Gasteiger partial charge in [-0.3, -0.25) is 10.1 Å². The molecule has 0 heterocycles. The summed E-state index contributed by atoms with van der Waals surface area (Å²) < 4.78 is 0.921.